The summed E-state index contributed by atoms with van der Waals surface area (Å²) in [5.41, 5.74) is 0.899. The molecule has 0 atom stereocenters. The SMILES string of the molecule is C=CCn1c(SCC(=O)c2ccc(NC(=O)C(C)(C)C)cc2)nc2cc(Cl)ccc2c1=O. The van der Waals surface area contributed by atoms with Gasteiger partial charge in [-0.25, -0.2) is 4.98 Å². The maximum absolute atomic E-state index is 12.9. The van der Waals surface area contributed by atoms with Gasteiger partial charge in [0.1, 0.15) is 0 Å². The van der Waals surface area contributed by atoms with Crippen LogP contribution >= 0.6 is 23.4 Å². The van der Waals surface area contributed by atoms with Gasteiger partial charge in [-0.1, -0.05) is 50.2 Å². The van der Waals surface area contributed by atoms with E-state index in [-0.39, 0.29) is 29.5 Å². The number of aromatic nitrogens is 2. The molecule has 1 aromatic heterocycles. The van der Waals surface area contributed by atoms with Crippen LogP contribution in [-0.2, 0) is 11.3 Å². The van der Waals surface area contributed by atoms with Gasteiger partial charge in [0.15, 0.2) is 10.9 Å². The van der Waals surface area contributed by atoms with Gasteiger partial charge in [-0.05, 0) is 42.5 Å². The molecular weight excluding hydrogens is 446 g/mol. The molecule has 0 bridgehead atoms. The Kier molecular flexibility index (Phi) is 7.21. The molecule has 1 N–H and O–H groups in total. The van der Waals surface area contributed by atoms with Crippen molar-refractivity contribution in [2.75, 3.05) is 11.1 Å². The number of carbonyl (C=O) groups excluding carboxylic acids is 2. The van der Waals surface area contributed by atoms with Gasteiger partial charge in [0.05, 0.1) is 16.7 Å². The van der Waals surface area contributed by atoms with E-state index in [1.165, 1.54) is 16.3 Å². The molecule has 0 radical (unpaired) electrons. The van der Waals surface area contributed by atoms with E-state index in [0.717, 1.165) is 0 Å². The number of thioether (sulfide) groups is 1. The molecule has 0 aliphatic heterocycles. The van der Waals surface area contributed by atoms with Crippen LogP contribution in [0.5, 0.6) is 0 Å². The largest absolute Gasteiger partial charge is 0.326 e. The monoisotopic (exact) mass is 469 g/mol. The maximum atomic E-state index is 12.9. The van der Waals surface area contributed by atoms with Gasteiger partial charge in [0.2, 0.25) is 5.91 Å². The summed E-state index contributed by atoms with van der Waals surface area (Å²) in [7, 11) is 0. The number of allylic oxidation sites excluding steroid dienone is 1. The molecule has 1 amide bonds. The Morgan fingerprint density at radius 1 is 1.19 bits per heavy atom. The van der Waals surface area contributed by atoms with Crippen molar-refractivity contribution in [1.29, 1.82) is 0 Å². The average Bonchev–Trinajstić information content (AvgIpc) is 2.74. The predicted molar refractivity (Wildman–Crippen MR) is 131 cm³/mol. The highest BCUT2D eigenvalue weighted by atomic mass is 35.5. The molecular formula is C24H24ClN3O3S. The molecule has 166 valence electrons. The second-order valence-corrected chi connectivity index (χ2v) is 9.63. The number of nitrogens with zero attached hydrogens (tertiary/aromatic N) is 2. The quantitative estimate of drug-likeness (QED) is 0.223. The molecule has 0 unspecified atom stereocenters. The zero-order chi connectivity index (χ0) is 23.5. The van der Waals surface area contributed by atoms with Crippen LogP contribution in [0.15, 0.2) is 65.1 Å². The molecule has 6 nitrogen and oxygen atoms in total. The normalized spacial score (nSPS) is 11.4. The number of carbonyl (C=O) groups is 2. The Morgan fingerprint density at radius 2 is 1.88 bits per heavy atom. The first-order valence-electron chi connectivity index (χ1n) is 9.98. The fourth-order valence-electron chi connectivity index (χ4n) is 2.85. The number of nitrogens with one attached hydrogen (secondary N) is 1. The number of amides is 1. The lowest BCUT2D eigenvalue weighted by molar-refractivity contribution is -0.123. The number of anilines is 1. The number of Topliss-reactive ketones (excluding diaryl/α,β-unsaturated/α-hetero) is 1. The molecule has 0 saturated heterocycles. The van der Waals surface area contributed by atoms with E-state index >= 15 is 0 Å². The minimum absolute atomic E-state index is 0.101. The van der Waals surface area contributed by atoms with Gasteiger partial charge in [-0.15, -0.1) is 6.58 Å². The van der Waals surface area contributed by atoms with Crippen molar-refractivity contribution in [2.24, 2.45) is 5.41 Å². The molecule has 3 aromatic rings. The Labute approximate surface area is 195 Å². The second-order valence-electron chi connectivity index (χ2n) is 8.25. The zero-order valence-electron chi connectivity index (χ0n) is 18.1. The van der Waals surface area contributed by atoms with Crippen LogP contribution < -0.4 is 10.9 Å². The van der Waals surface area contributed by atoms with Gasteiger partial charge < -0.3 is 5.32 Å². The Balaban J connectivity index is 1.78. The van der Waals surface area contributed by atoms with Crippen molar-refractivity contribution < 1.29 is 9.59 Å². The summed E-state index contributed by atoms with van der Waals surface area (Å²) in [6.07, 6.45) is 1.61. The van der Waals surface area contributed by atoms with Crippen molar-refractivity contribution in [3.05, 3.63) is 76.1 Å². The summed E-state index contributed by atoms with van der Waals surface area (Å²) < 4.78 is 1.49. The fraction of sp³-hybridized carbons (Fsp3) is 0.250. The number of fused-ring (bicyclic) bond motifs is 1. The highest BCUT2D eigenvalue weighted by Gasteiger charge is 2.21. The first-order valence-corrected chi connectivity index (χ1v) is 11.3. The smallest absolute Gasteiger partial charge is 0.262 e. The molecule has 0 aliphatic rings. The van der Waals surface area contributed by atoms with Crippen LogP contribution in [0.4, 0.5) is 5.69 Å². The van der Waals surface area contributed by atoms with Crippen molar-refractivity contribution in [2.45, 2.75) is 32.5 Å². The van der Waals surface area contributed by atoms with Gasteiger partial charge >= 0.3 is 0 Å². The average molecular weight is 470 g/mol. The minimum Gasteiger partial charge on any atom is -0.326 e. The summed E-state index contributed by atoms with van der Waals surface area (Å²) in [5.74, 6) is -0.118. The van der Waals surface area contributed by atoms with E-state index in [1.807, 2.05) is 20.8 Å². The van der Waals surface area contributed by atoms with Crippen LogP contribution in [0.25, 0.3) is 10.9 Å². The van der Waals surface area contributed by atoms with Crippen molar-refractivity contribution in [3.8, 4) is 0 Å². The molecule has 8 heteroatoms. The molecule has 0 aliphatic carbocycles. The third-order valence-corrected chi connectivity index (χ3v) is 5.88. The van der Waals surface area contributed by atoms with Gasteiger partial charge in [-0.2, -0.15) is 0 Å². The molecule has 0 fully saturated rings. The molecule has 3 rings (SSSR count). The van der Waals surface area contributed by atoms with E-state index in [2.05, 4.69) is 16.9 Å². The topological polar surface area (TPSA) is 81.1 Å². The van der Waals surface area contributed by atoms with Crippen LogP contribution in [0.2, 0.25) is 5.02 Å². The lowest BCUT2D eigenvalue weighted by atomic mass is 9.95. The van der Waals surface area contributed by atoms with Crippen LogP contribution in [0.3, 0.4) is 0 Å². The number of rotatable bonds is 7. The highest BCUT2D eigenvalue weighted by Crippen LogP contribution is 2.22. The van der Waals surface area contributed by atoms with Crippen molar-refractivity contribution in [1.82, 2.24) is 9.55 Å². The van der Waals surface area contributed by atoms with Crippen molar-refractivity contribution >= 4 is 51.6 Å². The number of benzene rings is 2. The van der Waals surface area contributed by atoms with E-state index in [4.69, 9.17) is 11.6 Å². The Hall–Kier alpha value is -2.90. The number of halogens is 1. The third kappa shape index (κ3) is 5.47. The lowest BCUT2D eigenvalue weighted by Crippen LogP contribution is -2.27. The van der Waals surface area contributed by atoms with E-state index < -0.39 is 5.41 Å². The summed E-state index contributed by atoms with van der Waals surface area (Å²) in [5, 5.41) is 4.20. The number of ketones is 1. The summed E-state index contributed by atoms with van der Waals surface area (Å²) >= 11 is 7.23. The zero-order valence-corrected chi connectivity index (χ0v) is 19.7. The first-order chi connectivity index (χ1) is 15.1. The molecule has 0 saturated carbocycles. The number of hydrogen-bond acceptors (Lipinski definition) is 5. The molecule has 1 heterocycles. The predicted octanol–water partition coefficient (Wildman–Crippen LogP) is 5.20. The van der Waals surface area contributed by atoms with E-state index in [0.29, 0.717) is 32.3 Å². The third-order valence-electron chi connectivity index (χ3n) is 4.67. The van der Waals surface area contributed by atoms with E-state index in [1.54, 1.807) is 48.5 Å². The standard InChI is InChI=1S/C24H24ClN3O3S/c1-5-12-28-21(30)18-11-8-16(25)13-19(18)27-23(28)32-14-20(29)15-6-9-17(10-7-15)26-22(31)24(2,3)4/h5-11,13H,1,12,14H2,2-4H3,(H,26,31). The minimum atomic E-state index is -0.510. The second kappa shape index (κ2) is 9.71. The van der Waals surface area contributed by atoms with Gasteiger partial charge in [0, 0.05) is 28.2 Å². The van der Waals surface area contributed by atoms with Gasteiger partial charge in [-0.3, -0.25) is 19.0 Å². The summed E-state index contributed by atoms with van der Waals surface area (Å²) in [6.45, 7) is 9.48. The Bertz CT molecular complexity index is 1240. The van der Waals surface area contributed by atoms with E-state index in [9.17, 15) is 14.4 Å². The fourth-order valence-corrected chi connectivity index (χ4v) is 3.91. The first kappa shape index (κ1) is 23.8. The Morgan fingerprint density at radius 3 is 2.50 bits per heavy atom. The molecule has 2 aromatic carbocycles. The summed E-state index contributed by atoms with van der Waals surface area (Å²) in [4.78, 5) is 42.2. The van der Waals surface area contributed by atoms with Crippen LogP contribution in [-0.4, -0.2) is 27.0 Å². The lowest BCUT2D eigenvalue weighted by Gasteiger charge is -2.17. The molecule has 32 heavy (non-hydrogen) atoms. The van der Waals surface area contributed by atoms with Crippen molar-refractivity contribution in [3.63, 3.8) is 0 Å². The highest BCUT2D eigenvalue weighted by molar-refractivity contribution is 7.99. The van der Waals surface area contributed by atoms with Crippen LogP contribution in [0, 0.1) is 5.41 Å². The molecule has 0 spiro atoms. The number of hydrogen-bond donors (Lipinski definition) is 1. The maximum Gasteiger partial charge on any atom is 0.262 e. The van der Waals surface area contributed by atoms with Crippen LogP contribution in [0.1, 0.15) is 31.1 Å². The summed E-state index contributed by atoms with van der Waals surface area (Å²) in [6, 6.07) is 11.7. The van der Waals surface area contributed by atoms with Gasteiger partial charge in [0.25, 0.3) is 5.56 Å².